The van der Waals surface area contributed by atoms with Gasteiger partial charge in [-0.1, -0.05) is 30.7 Å². The van der Waals surface area contributed by atoms with Crippen molar-refractivity contribution >= 4 is 17.5 Å². The van der Waals surface area contributed by atoms with Crippen LogP contribution in [0.1, 0.15) is 26.3 Å². The Kier molecular flexibility index (Phi) is 4.71. The molecule has 2 rings (SSSR count). The molecule has 0 saturated carbocycles. The van der Waals surface area contributed by atoms with Crippen LogP contribution in [0.2, 0.25) is 5.02 Å². The lowest BCUT2D eigenvalue weighted by molar-refractivity contribution is -0.138. The number of halogens is 1. The van der Waals surface area contributed by atoms with E-state index in [-0.39, 0.29) is 5.91 Å². The smallest absolute Gasteiger partial charge is 0.232 e. The molecule has 3 nitrogen and oxygen atoms in total. The number of hydrogen-bond acceptors (Lipinski definition) is 2. The average molecular weight is 295 g/mol. The average Bonchev–Trinajstić information content (AvgIpc) is 2.46. The molecule has 0 radical (unpaired) electrons. The summed E-state index contributed by atoms with van der Waals surface area (Å²) in [6, 6.07) is 7.61. The summed E-state index contributed by atoms with van der Waals surface area (Å²) in [5.41, 5.74) is 0.451. The van der Waals surface area contributed by atoms with Gasteiger partial charge in [0, 0.05) is 31.2 Å². The van der Waals surface area contributed by atoms with E-state index in [0.29, 0.717) is 5.02 Å². The lowest BCUT2D eigenvalue weighted by Gasteiger charge is -2.38. The van der Waals surface area contributed by atoms with Gasteiger partial charge in [0.25, 0.3) is 0 Å². The standard InChI is InChI=1S/C16H23ClN2O/c1-4-18-8-10-19(11-9-18)15(20)16(2,3)13-6-5-7-14(17)12-13/h5-7,12H,4,8-11H2,1-3H3. The number of carbonyl (C=O) groups is 1. The minimum absolute atomic E-state index is 0.190. The second kappa shape index (κ2) is 6.15. The molecule has 0 aliphatic carbocycles. The molecule has 1 amide bonds. The third-order valence-corrected chi connectivity index (χ3v) is 4.42. The van der Waals surface area contributed by atoms with Gasteiger partial charge in [0.05, 0.1) is 5.41 Å². The van der Waals surface area contributed by atoms with Crippen molar-refractivity contribution in [2.24, 2.45) is 0 Å². The van der Waals surface area contributed by atoms with E-state index in [0.717, 1.165) is 38.3 Å². The molecule has 1 fully saturated rings. The van der Waals surface area contributed by atoms with E-state index in [4.69, 9.17) is 11.6 Å². The van der Waals surface area contributed by atoms with Crippen molar-refractivity contribution in [2.75, 3.05) is 32.7 Å². The molecule has 0 aromatic heterocycles. The minimum Gasteiger partial charge on any atom is -0.339 e. The van der Waals surface area contributed by atoms with Crippen molar-refractivity contribution < 1.29 is 4.79 Å². The van der Waals surface area contributed by atoms with Crippen LogP contribution in [0.25, 0.3) is 0 Å². The van der Waals surface area contributed by atoms with Gasteiger partial charge in [0.15, 0.2) is 0 Å². The molecule has 1 aromatic carbocycles. The van der Waals surface area contributed by atoms with Crippen LogP contribution in [0.4, 0.5) is 0 Å². The van der Waals surface area contributed by atoms with Crippen molar-refractivity contribution in [2.45, 2.75) is 26.2 Å². The van der Waals surface area contributed by atoms with Gasteiger partial charge in [-0.25, -0.2) is 0 Å². The Labute approximate surface area is 126 Å². The van der Waals surface area contributed by atoms with Crippen molar-refractivity contribution in [3.05, 3.63) is 34.9 Å². The molecule has 0 spiro atoms. The largest absolute Gasteiger partial charge is 0.339 e. The Hall–Kier alpha value is -1.06. The van der Waals surface area contributed by atoms with Crippen molar-refractivity contribution in [3.8, 4) is 0 Å². The molecule has 0 bridgehead atoms. The molecule has 20 heavy (non-hydrogen) atoms. The molecule has 0 N–H and O–H groups in total. The van der Waals surface area contributed by atoms with Gasteiger partial charge in [-0.15, -0.1) is 0 Å². The summed E-state index contributed by atoms with van der Waals surface area (Å²) < 4.78 is 0. The Morgan fingerprint density at radius 1 is 1.25 bits per heavy atom. The molecule has 1 heterocycles. The quantitative estimate of drug-likeness (QED) is 0.856. The lowest BCUT2D eigenvalue weighted by Crippen LogP contribution is -2.53. The number of piperazine rings is 1. The fourth-order valence-electron chi connectivity index (χ4n) is 2.66. The molecule has 1 aliphatic rings. The summed E-state index contributed by atoms with van der Waals surface area (Å²) in [5.74, 6) is 0.190. The summed E-state index contributed by atoms with van der Waals surface area (Å²) in [6.07, 6.45) is 0. The molecule has 110 valence electrons. The Bertz CT molecular complexity index is 479. The zero-order valence-corrected chi connectivity index (χ0v) is 13.3. The summed E-state index contributed by atoms with van der Waals surface area (Å²) in [7, 11) is 0. The van der Waals surface area contributed by atoms with E-state index < -0.39 is 5.41 Å². The van der Waals surface area contributed by atoms with Crippen LogP contribution in [0, 0.1) is 0 Å². The van der Waals surface area contributed by atoms with E-state index in [1.807, 2.05) is 43.0 Å². The maximum Gasteiger partial charge on any atom is 0.232 e. The van der Waals surface area contributed by atoms with Crippen LogP contribution in [-0.2, 0) is 10.2 Å². The highest BCUT2D eigenvalue weighted by Crippen LogP contribution is 2.28. The SMILES string of the molecule is CCN1CCN(C(=O)C(C)(C)c2cccc(Cl)c2)CC1. The van der Waals surface area contributed by atoms with E-state index >= 15 is 0 Å². The third kappa shape index (κ3) is 3.15. The van der Waals surface area contributed by atoms with Crippen molar-refractivity contribution in [1.82, 2.24) is 9.80 Å². The fraction of sp³-hybridized carbons (Fsp3) is 0.562. The Balaban J connectivity index is 2.11. The molecule has 1 saturated heterocycles. The van der Waals surface area contributed by atoms with Crippen LogP contribution >= 0.6 is 11.6 Å². The molecule has 1 aliphatic heterocycles. The molecule has 1 aromatic rings. The van der Waals surface area contributed by atoms with Gasteiger partial charge >= 0.3 is 0 Å². The van der Waals surface area contributed by atoms with E-state index in [2.05, 4.69) is 11.8 Å². The summed E-state index contributed by atoms with van der Waals surface area (Å²) in [5, 5.41) is 0.680. The second-order valence-corrected chi connectivity index (χ2v) is 6.30. The number of likely N-dealkylation sites (N-methyl/N-ethyl adjacent to an activating group) is 1. The molecular weight excluding hydrogens is 272 g/mol. The first kappa shape index (κ1) is 15.3. The molecule has 4 heteroatoms. The predicted molar refractivity (Wildman–Crippen MR) is 83.2 cm³/mol. The number of carbonyl (C=O) groups excluding carboxylic acids is 1. The number of rotatable bonds is 3. The molecule has 0 unspecified atom stereocenters. The van der Waals surface area contributed by atoms with Gasteiger partial charge < -0.3 is 9.80 Å². The summed E-state index contributed by atoms with van der Waals surface area (Å²) >= 11 is 6.05. The van der Waals surface area contributed by atoms with Gasteiger partial charge in [-0.05, 0) is 38.1 Å². The Morgan fingerprint density at radius 2 is 1.90 bits per heavy atom. The fourth-order valence-corrected chi connectivity index (χ4v) is 2.85. The van der Waals surface area contributed by atoms with Crippen LogP contribution in [0.3, 0.4) is 0 Å². The number of amides is 1. The molecule has 0 atom stereocenters. The zero-order chi connectivity index (χ0) is 14.8. The van der Waals surface area contributed by atoms with Crippen molar-refractivity contribution in [3.63, 3.8) is 0 Å². The maximum absolute atomic E-state index is 12.8. The van der Waals surface area contributed by atoms with Gasteiger partial charge in [0.1, 0.15) is 0 Å². The van der Waals surface area contributed by atoms with Crippen LogP contribution < -0.4 is 0 Å². The summed E-state index contributed by atoms with van der Waals surface area (Å²) in [6.45, 7) is 10.7. The molecular formula is C16H23ClN2O. The first-order chi connectivity index (χ1) is 9.45. The highest BCUT2D eigenvalue weighted by molar-refractivity contribution is 6.30. The van der Waals surface area contributed by atoms with Crippen LogP contribution in [0.5, 0.6) is 0 Å². The van der Waals surface area contributed by atoms with E-state index in [1.54, 1.807) is 0 Å². The van der Waals surface area contributed by atoms with Crippen LogP contribution in [-0.4, -0.2) is 48.4 Å². The number of benzene rings is 1. The first-order valence-electron chi connectivity index (χ1n) is 7.23. The van der Waals surface area contributed by atoms with Crippen molar-refractivity contribution in [1.29, 1.82) is 0 Å². The topological polar surface area (TPSA) is 23.6 Å². The predicted octanol–water partition coefficient (Wildman–Crippen LogP) is 2.78. The van der Waals surface area contributed by atoms with E-state index in [1.165, 1.54) is 0 Å². The van der Waals surface area contributed by atoms with E-state index in [9.17, 15) is 4.79 Å². The zero-order valence-electron chi connectivity index (χ0n) is 12.5. The third-order valence-electron chi connectivity index (χ3n) is 4.19. The van der Waals surface area contributed by atoms with Gasteiger partial charge in [-0.2, -0.15) is 0 Å². The highest BCUT2D eigenvalue weighted by Gasteiger charge is 2.35. The number of hydrogen-bond donors (Lipinski definition) is 0. The van der Waals surface area contributed by atoms with Gasteiger partial charge in [0.2, 0.25) is 5.91 Å². The van der Waals surface area contributed by atoms with Gasteiger partial charge in [-0.3, -0.25) is 4.79 Å². The normalized spacial score (nSPS) is 17.3. The Morgan fingerprint density at radius 3 is 2.45 bits per heavy atom. The van der Waals surface area contributed by atoms with Crippen LogP contribution in [0.15, 0.2) is 24.3 Å². The monoisotopic (exact) mass is 294 g/mol. The highest BCUT2D eigenvalue weighted by atomic mass is 35.5. The summed E-state index contributed by atoms with van der Waals surface area (Å²) in [4.78, 5) is 17.1. The second-order valence-electron chi connectivity index (χ2n) is 5.86. The lowest BCUT2D eigenvalue weighted by atomic mass is 9.83. The maximum atomic E-state index is 12.8. The first-order valence-corrected chi connectivity index (χ1v) is 7.60. The number of nitrogens with zero attached hydrogens (tertiary/aromatic N) is 2. The minimum atomic E-state index is -0.528.